The normalized spacial score (nSPS) is 13.7. The summed E-state index contributed by atoms with van der Waals surface area (Å²) in [6.45, 7) is 7.09. The van der Waals surface area contributed by atoms with Crippen molar-refractivity contribution in [3.05, 3.63) is 29.8 Å². The van der Waals surface area contributed by atoms with Gasteiger partial charge in [0.2, 0.25) is 5.91 Å². The predicted molar refractivity (Wildman–Crippen MR) is 96.4 cm³/mol. The number of alkyl carbamates (subject to hydrolysis) is 1. The van der Waals surface area contributed by atoms with E-state index < -0.39 is 17.7 Å². The Hall–Kier alpha value is -1.89. The summed E-state index contributed by atoms with van der Waals surface area (Å²) in [4.78, 5) is 24.4. The second kappa shape index (κ2) is 8.82. The van der Waals surface area contributed by atoms with Gasteiger partial charge in [0, 0.05) is 18.2 Å². The van der Waals surface area contributed by atoms with Gasteiger partial charge >= 0.3 is 6.09 Å². The topological polar surface area (TPSA) is 87.7 Å². The number of amides is 2. The van der Waals surface area contributed by atoms with Crippen molar-refractivity contribution < 1.29 is 19.4 Å². The molecule has 0 saturated carbocycles. The molecule has 0 aliphatic carbocycles. The first-order valence-corrected chi connectivity index (χ1v) is 8.42. The quantitative estimate of drug-likeness (QED) is 0.590. The van der Waals surface area contributed by atoms with E-state index in [1.54, 1.807) is 32.9 Å². The number of carbonyl (C=O) groups is 2. The van der Waals surface area contributed by atoms with Crippen molar-refractivity contribution >= 4 is 24.6 Å². The van der Waals surface area contributed by atoms with Crippen LogP contribution < -0.4 is 10.6 Å². The molecule has 0 fully saturated rings. The number of phenolic OH excluding ortho intramolecular Hbond substituents is 1. The predicted octanol–water partition coefficient (Wildman–Crippen LogP) is 2.26. The summed E-state index contributed by atoms with van der Waals surface area (Å²) in [7, 11) is 0. The van der Waals surface area contributed by atoms with Crippen molar-refractivity contribution in [2.45, 2.75) is 51.8 Å². The van der Waals surface area contributed by atoms with Crippen LogP contribution in [0.2, 0.25) is 0 Å². The van der Waals surface area contributed by atoms with Gasteiger partial charge in [-0.15, -0.1) is 0 Å². The summed E-state index contributed by atoms with van der Waals surface area (Å²) in [6, 6.07) is 5.57. The number of nitrogens with one attached hydrogen (secondary N) is 2. The van der Waals surface area contributed by atoms with E-state index in [-0.39, 0.29) is 24.1 Å². The average molecular weight is 354 g/mol. The monoisotopic (exact) mass is 354 g/mol. The molecule has 1 aromatic carbocycles. The summed E-state index contributed by atoms with van der Waals surface area (Å²) < 4.78 is 5.22. The first kappa shape index (κ1) is 20.2. The molecule has 0 aromatic heterocycles. The van der Waals surface area contributed by atoms with Gasteiger partial charge in [0.05, 0.1) is 0 Å². The first-order chi connectivity index (χ1) is 11.1. The van der Waals surface area contributed by atoms with Crippen LogP contribution in [0.4, 0.5) is 4.79 Å². The summed E-state index contributed by atoms with van der Waals surface area (Å²) >= 11 is 4.14. The Bertz CT molecular complexity index is 555. The third-order valence-corrected chi connectivity index (χ3v) is 3.59. The lowest BCUT2D eigenvalue weighted by molar-refractivity contribution is -0.123. The molecule has 0 heterocycles. The molecule has 2 atom stereocenters. The smallest absolute Gasteiger partial charge is 0.408 e. The first-order valence-electron chi connectivity index (χ1n) is 7.79. The molecule has 0 radical (unpaired) electrons. The van der Waals surface area contributed by atoms with E-state index in [0.717, 1.165) is 5.56 Å². The van der Waals surface area contributed by atoms with E-state index in [0.29, 0.717) is 5.75 Å². The molecule has 134 valence electrons. The number of hydrogen-bond acceptors (Lipinski definition) is 5. The average Bonchev–Trinajstić information content (AvgIpc) is 2.46. The molecular formula is C17H26N2O4S. The maximum Gasteiger partial charge on any atom is 0.408 e. The van der Waals surface area contributed by atoms with Crippen LogP contribution >= 0.6 is 12.6 Å². The van der Waals surface area contributed by atoms with Gasteiger partial charge in [-0.1, -0.05) is 12.1 Å². The highest BCUT2D eigenvalue weighted by atomic mass is 32.1. The van der Waals surface area contributed by atoms with Gasteiger partial charge < -0.3 is 20.5 Å². The highest BCUT2D eigenvalue weighted by Crippen LogP contribution is 2.12. The molecule has 24 heavy (non-hydrogen) atoms. The van der Waals surface area contributed by atoms with E-state index in [4.69, 9.17) is 4.74 Å². The maximum absolute atomic E-state index is 12.4. The minimum Gasteiger partial charge on any atom is -0.508 e. The van der Waals surface area contributed by atoms with Gasteiger partial charge in [0.1, 0.15) is 17.4 Å². The summed E-state index contributed by atoms with van der Waals surface area (Å²) in [5.74, 6) is 0.323. The lowest BCUT2D eigenvalue weighted by Crippen LogP contribution is -2.51. The lowest BCUT2D eigenvalue weighted by atomic mass is 10.0. The van der Waals surface area contributed by atoms with E-state index in [2.05, 4.69) is 23.3 Å². The second-order valence-electron chi connectivity index (χ2n) is 6.66. The standard InChI is InChI=1S/C17H26N2O4S/c1-11(10-24)18-15(21)14(19-16(22)23-17(2,3)4)9-12-5-7-13(20)8-6-12/h5-8,11,14,20,24H,9-10H2,1-4H3,(H,18,21)(H,19,22)/t11-,14+/m1/s1. The zero-order valence-corrected chi connectivity index (χ0v) is 15.4. The fourth-order valence-corrected chi connectivity index (χ4v) is 2.01. The van der Waals surface area contributed by atoms with Crippen LogP contribution in [0.25, 0.3) is 0 Å². The van der Waals surface area contributed by atoms with E-state index >= 15 is 0 Å². The van der Waals surface area contributed by atoms with Crippen LogP contribution in [0, 0.1) is 0 Å². The second-order valence-corrected chi connectivity index (χ2v) is 7.03. The van der Waals surface area contributed by atoms with Crippen LogP contribution in [0.15, 0.2) is 24.3 Å². The molecule has 0 aliphatic heterocycles. The fourth-order valence-electron chi connectivity index (χ4n) is 1.92. The summed E-state index contributed by atoms with van der Waals surface area (Å²) in [6.07, 6.45) is -0.370. The van der Waals surface area contributed by atoms with Gasteiger partial charge in [-0.05, 0) is 45.4 Å². The van der Waals surface area contributed by atoms with Gasteiger partial charge in [-0.3, -0.25) is 4.79 Å². The minimum absolute atomic E-state index is 0.122. The molecule has 0 spiro atoms. The third kappa shape index (κ3) is 7.59. The van der Waals surface area contributed by atoms with Crippen LogP contribution in [0.1, 0.15) is 33.3 Å². The number of rotatable bonds is 6. The fraction of sp³-hybridized carbons (Fsp3) is 0.529. The Morgan fingerprint density at radius 2 is 1.79 bits per heavy atom. The van der Waals surface area contributed by atoms with Crippen molar-refractivity contribution in [2.24, 2.45) is 0 Å². The molecule has 6 nitrogen and oxygen atoms in total. The van der Waals surface area contributed by atoms with Crippen LogP contribution in [-0.2, 0) is 16.0 Å². The molecule has 0 bridgehead atoms. The van der Waals surface area contributed by atoms with Gasteiger partial charge in [0.15, 0.2) is 0 Å². The molecule has 7 heteroatoms. The number of phenols is 1. The lowest BCUT2D eigenvalue weighted by Gasteiger charge is -2.24. The number of carbonyl (C=O) groups excluding carboxylic acids is 2. The van der Waals surface area contributed by atoms with Crippen LogP contribution in [0.5, 0.6) is 5.75 Å². The Morgan fingerprint density at radius 1 is 1.21 bits per heavy atom. The molecule has 0 aliphatic rings. The zero-order chi connectivity index (χ0) is 18.3. The van der Waals surface area contributed by atoms with Gasteiger partial charge in [-0.2, -0.15) is 12.6 Å². The van der Waals surface area contributed by atoms with Crippen molar-refractivity contribution in [1.82, 2.24) is 10.6 Å². The Labute approximate surface area is 148 Å². The summed E-state index contributed by atoms with van der Waals surface area (Å²) in [5.41, 5.74) is 0.157. The van der Waals surface area contributed by atoms with Crippen molar-refractivity contribution in [3.63, 3.8) is 0 Å². The molecule has 1 aromatic rings. The van der Waals surface area contributed by atoms with Crippen molar-refractivity contribution in [2.75, 3.05) is 5.75 Å². The van der Waals surface area contributed by atoms with E-state index in [1.165, 1.54) is 12.1 Å². The van der Waals surface area contributed by atoms with Gasteiger partial charge in [-0.25, -0.2) is 4.79 Å². The molecular weight excluding hydrogens is 328 g/mol. The largest absolute Gasteiger partial charge is 0.508 e. The highest BCUT2D eigenvalue weighted by Gasteiger charge is 2.25. The molecule has 0 saturated heterocycles. The Balaban J connectivity index is 2.83. The van der Waals surface area contributed by atoms with Crippen molar-refractivity contribution in [1.29, 1.82) is 0 Å². The van der Waals surface area contributed by atoms with E-state index in [1.807, 2.05) is 6.92 Å². The SMILES string of the molecule is C[C@H](CS)NC(=O)[C@H](Cc1ccc(O)cc1)NC(=O)OC(C)(C)C. The highest BCUT2D eigenvalue weighted by molar-refractivity contribution is 7.80. The number of ether oxygens (including phenoxy) is 1. The maximum atomic E-state index is 12.4. The van der Waals surface area contributed by atoms with Crippen LogP contribution in [-0.4, -0.2) is 40.5 Å². The molecule has 0 unspecified atom stereocenters. The zero-order valence-electron chi connectivity index (χ0n) is 14.5. The third-order valence-electron chi connectivity index (χ3n) is 3.05. The Morgan fingerprint density at radius 3 is 2.29 bits per heavy atom. The Kier molecular flexibility index (Phi) is 7.41. The molecule has 2 amide bonds. The molecule has 3 N–H and O–H groups in total. The molecule has 1 rings (SSSR count). The van der Waals surface area contributed by atoms with Crippen molar-refractivity contribution in [3.8, 4) is 5.75 Å². The number of benzene rings is 1. The van der Waals surface area contributed by atoms with Gasteiger partial charge in [0.25, 0.3) is 0 Å². The number of aromatic hydroxyl groups is 1. The van der Waals surface area contributed by atoms with Crippen LogP contribution in [0.3, 0.4) is 0 Å². The minimum atomic E-state index is -0.785. The van der Waals surface area contributed by atoms with E-state index in [9.17, 15) is 14.7 Å². The number of hydrogen-bond donors (Lipinski definition) is 4. The number of thiol groups is 1. The summed E-state index contributed by atoms with van der Waals surface area (Å²) in [5, 5.41) is 14.7.